The van der Waals surface area contributed by atoms with Gasteiger partial charge in [-0.3, -0.25) is 4.79 Å². The molecule has 0 spiro atoms. The largest absolute Gasteiger partial charge is 0.495 e. The molecule has 2 aliphatic carbocycles. The number of aliphatic hydroxyl groups is 1. The molecular formula is C31H37ClO7. The molecular weight excluding hydrogens is 520 g/mol. The lowest BCUT2D eigenvalue weighted by Gasteiger charge is -2.32. The molecule has 210 valence electrons. The van der Waals surface area contributed by atoms with E-state index in [9.17, 15) is 14.7 Å². The zero-order valence-corrected chi connectivity index (χ0v) is 24.2. The van der Waals surface area contributed by atoms with Crippen LogP contribution in [0.4, 0.5) is 0 Å². The summed E-state index contributed by atoms with van der Waals surface area (Å²) in [6.07, 6.45) is 3.75. The van der Waals surface area contributed by atoms with Gasteiger partial charge in [0.2, 0.25) is 0 Å². The Morgan fingerprint density at radius 1 is 1.21 bits per heavy atom. The van der Waals surface area contributed by atoms with E-state index in [4.69, 9.17) is 30.5 Å². The van der Waals surface area contributed by atoms with Crippen LogP contribution in [0.1, 0.15) is 91.6 Å². The van der Waals surface area contributed by atoms with Gasteiger partial charge in [-0.15, -0.1) is 0 Å². The van der Waals surface area contributed by atoms with Crippen molar-refractivity contribution in [2.24, 2.45) is 23.2 Å². The number of carbonyl (C=O) groups is 2. The molecule has 0 saturated heterocycles. The normalized spacial score (nSPS) is 24.3. The van der Waals surface area contributed by atoms with Crippen molar-refractivity contribution < 1.29 is 33.6 Å². The van der Waals surface area contributed by atoms with Crippen molar-refractivity contribution in [3.63, 3.8) is 0 Å². The minimum absolute atomic E-state index is 0.0650. The molecule has 39 heavy (non-hydrogen) atoms. The summed E-state index contributed by atoms with van der Waals surface area (Å²) in [5.74, 6) is 1.07. The molecule has 2 fully saturated rings. The maximum Gasteiger partial charge on any atom is 0.346 e. The predicted molar refractivity (Wildman–Crippen MR) is 147 cm³/mol. The van der Waals surface area contributed by atoms with Gasteiger partial charge in [-0.25, -0.2) is 4.79 Å². The summed E-state index contributed by atoms with van der Waals surface area (Å²) < 4.78 is 23.9. The summed E-state index contributed by atoms with van der Waals surface area (Å²) >= 11 is 6.74. The molecule has 2 unspecified atom stereocenters. The second-order valence-electron chi connectivity index (χ2n) is 12.0. The molecule has 4 atom stereocenters. The van der Waals surface area contributed by atoms with Crippen molar-refractivity contribution in [1.82, 2.24) is 0 Å². The molecule has 2 aromatic rings. The molecule has 1 aliphatic heterocycles. The summed E-state index contributed by atoms with van der Waals surface area (Å²) in [7, 11) is 1.44. The van der Waals surface area contributed by atoms with Crippen molar-refractivity contribution in [1.29, 1.82) is 0 Å². The lowest BCUT2D eigenvalue weighted by molar-refractivity contribution is -0.148. The average molecular weight is 557 g/mol. The van der Waals surface area contributed by atoms with Gasteiger partial charge >= 0.3 is 11.9 Å². The van der Waals surface area contributed by atoms with Crippen molar-refractivity contribution >= 4 is 23.5 Å². The first-order valence-electron chi connectivity index (χ1n) is 13.7. The van der Waals surface area contributed by atoms with E-state index < -0.39 is 17.5 Å². The summed E-state index contributed by atoms with van der Waals surface area (Å²) in [6, 6.07) is 3.29. The number of hydrogen-bond acceptors (Lipinski definition) is 7. The fraction of sp³-hybridized carbons (Fsp3) is 0.548. The van der Waals surface area contributed by atoms with Gasteiger partial charge in [0.1, 0.15) is 23.7 Å². The van der Waals surface area contributed by atoms with Gasteiger partial charge < -0.3 is 24.1 Å². The number of halogens is 1. The predicted octanol–water partition coefficient (Wildman–Crippen LogP) is 7.24. The Bertz CT molecular complexity index is 1330. The van der Waals surface area contributed by atoms with Crippen molar-refractivity contribution in [3.05, 3.63) is 45.0 Å². The maximum absolute atomic E-state index is 13.7. The Hall–Kier alpha value is -2.77. The number of carbonyl (C=O) groups excluding carboxylic acids is 2. The second-order valence-corrected chi connectivity index (χ2v) is 12.4. The van der Waals surface area contributed by atoms with Crippen LogP contribution in [0.3, 0.4) is 0 Å². The summed E-state index contributed by atoms with van der Waals surface area (Å²) in [6.45, 7) is 9.52. The smallest absolute Gasteiger partial charge is 0.346 e. The number of methoxy groups -OCH3 is 1. The van der Waals surface area contributed by atoms with Gasteiger partial charge in [0.25, 0.3) is 0 Å². The van der Waals surface area contributed by atoms with Crippen LogP contribution in [0.5, 0.6) is 23.0 Å². The van der Waals surface area contributed by atoms with E-state index in [2.05, 4.69) is 0 Å². The highest BCUT2D eigenvalue weighted by atomic mass is 35.5. The molecule has 2 aromatic carbocycles. The Morgan fingerprint density at radius 2 is 1.95 bits per heavy atom. The quantitative estimate of drug-likeness (QED) is 0.296. The first-order chi connectivity index (χ1) is 18.5. The Kier molecular flexibility index (Phi) is 7.36. The number of benzene rings is 2. The summed E-state index contributed by atoms with van der Waals surface area (Å²) in [4.78, 5) is 26.9. The van der Waals surface area contributed by atoms with Crippen LogP contribution in [0.25, 0.3) is 0 Å². The summed E-state index contributed by atoms with van der Waals surface area (Å²) in [5.41, 5.74) is 1.83. The van der Waals surface area contributed by atoms with E-state index in [1.54, 1.807) is 12.1 Å². The van der Waals surface area contributed by atoms with Crippen molar-refractivity contribution in [2.75, 3.05) is 7.11 Å². The van der Waals surface area contributed by atoms with E-state index in [0.29, 0.717) is 40.0 Å². The second kappa shape index (κ2) is 10.3. The third-order valence-corrected chi connectivity index (χ3v) is 9.48. The fourth-order valence-corrected chi connectivity index (χ4v) is 6.91. The van der Waals surface area contributed by atoms with Crippen LogP contribution < -0.4 is 14.2 Å². The molecule has 5 rings (SSSR count). The molecule has 2 saturated carbocycles. The number of esters is 2. The molecule has 0 amide bonds. The van der Waals surface area contributed by atoms with Crippen molar-refractivity contribution in [3.8, 4) is 23.0 Å². The molecule has 0 radical (unpaired) electrons. The van der Waals surface area contributed by atoms with Gasteiger partial charge in [-0.1, -0.05) is 31.9 Å². The van der Waals surface area contributed by atoms with E-state index in [1.807, 2.05) is 34.6 Å². The highest BCUT2D eigenvalue weighted by molar-refractivity contribution is 6.32. The van der Waals surface area contributed by atoms with Gasteiger partial charge in [0.05, 0.1) is 29.2 Å². The lowest BCUT2D eigenvalue weighted by atomic mass is 9.75. The maximum atomic E-state index is 13.7. The SMILES string of the molecule is COc1c([C@@H](O)CC(C)C)ccc2c1C(=O)OCc1c(Cl)c(C)c(C)c(OC(=O)[C@]3(C)CC4CCC3C4)c1O2. The number of ether oxygens (including phenoxy) is 4. The third kappa shape index (κ3) is 4.67. The number of aliphatic hydroxyl groups excluding tert-OH is 1. The van der Waals surface area contributed by atoms with Crippen LogP contribution in [-0.4, -0.2) is 24.2 Å². The first-order valence-corrected chi connectivity index (χ1v) is 14.1. The monoisotopic (exact) mass is 556 g/mol. The number of cyclic esters (lactones) is 1. The summed E-state index contributed by atoms with van der Waals surface area (Å²) in [5, 5.41) is 11.2. The lowest BCUT2D eigenvalue weighted by Crippen LogP contribution is -2.37. The number of hydrogen-bond donors (Lipinski definition) is 1. The number of fused-ring (bicyclic) bond motifs is 4. The first kappa shape index (κ1) is 27.8. The highest BCUT2D eigenvalue weighted by Crippen LogP contribution is 2.57. The van der Waals surface area contributed by atoms with Gasteiger partial charge in [-0.05, 0) is 81.9 Å². The molecule has 0 aromatic heterocycles. The van der Waals surface area contributed by atoms with E-state index in [1.165, 1.54) is 13.5 Å². The Morgan fingerprint density at radius 3 is 2.56 bits per heavy atom. The van der Waals surface area contributed by atoms with E-state index in [0.717, 1.165) is 24.8 Å². The van der Waals surface area contributed by atoms with Gasteiger partial charge in [-0.2, -0.15) is 0 Å². The topological polar surface area (TPSA) is 91.3 Å². The average Bonchev–Trinajstić information content (AvgIpc) is 3.48. The standard InChI is InChI=1S/C31H37ClO7/c1-15(2)11-22(33)20-9-10-23-24(27(20)36-6)29(34)37-14-21-25(32)16(3)17(4)26(28(21)38-23)39-30(35)31(5)13-18-7-8-19(31)12-18/h9-10,15,18-19,22,33H,7-8,11-14H2,1-6H3/t18?,19?,22-,31+/m0/s1. The van der Waals surface area contributed by atoms with Gasteiger partial charge in [0, 0.05) is 11.1 Å². The minimum atomic E-state index is -0.839. The minimum Gasteiger partial charge on any atom is -0.495 e. The molecule has 1 heterocycles. The van der Waals surface area contributed by atoms with Crippen LogP contribution in [-0.2, 0) is 16.1 Å². The molecule has 3 aliphatic rings. The Balaban J connectivity index is 1.60. The molecule has 2 bridgehead atoms. The van der Waals surface area contributed by atoms with E-state index in [-0.39, 0.29) is 47.1 Å². The fourth-order valence-electron chi connectivity index (χ4n) is 6.63. The Labute approximate surface area is 234 Å². The van der Waals surface area contributed by atoms with Crippen LogP contribution in [0, 0.1) is 37.0 Å². The number of rotatable bonds is 6. The highest BCUT2D eigenvalue weighted by Gasteiger charge is 2.53. The molecule has 7 nitrogen and oxygen atoms in total. The van der Waals surface area contributed by atoms with Crippen LogP contribution in [0.2, 0.25) is 5.02 Å². The molecule has 1 N–H and O–H groups in total. The van der Waals surface area contributed by atoms with Crippen molar-refractivity contribution in [2.45, 2.75) is 79.4 Å². The third-order valence-electron chi connectivity index (χ3n) is 8.97. The van der Waals surface area contributed by atoms with E-state index >= 15 is 0 Å². The van der Waals surface area contributed by atoms with Crippen LogP contribution >= 0.6 is 11.6 Å². The zero-order valence-electron chi connectivity index (χ0n) is 23.5. The zero-order chi connectivity index (χ0) is 28.2. The van der Waals surface area contributed by atoms with Gasteiger partial charge in [0.15, 0.2) is 11.5 Å². The van der Waals surface area contributed by atoms with Crippen LogP contribution in [0.15, 0.2) is 12.1 Å². The molecule has 8 heteroatoms.